The van der Waals surface area contributed by atoms with Crippen molar-refractivity contribution in [3.8, 4) is 0 Å². The predicted molar refractivity (Wildman–Crippen MR) is 83.4 cm³/mol. The largest absolute Gasteiger partial charge is 0.300 e. The van der Waals surface area contributed by atoms with Crippen LogP contribution in [0.2, 0.25) is 0 Å². The molecule has 1 heteroatoms. The lowest BCUT2D eigenvalue weighted by Crippen LogP contribution is -2.05. The zero-order valence-corrected chi connectivity index (χ0v) is 13.1. The van der Waals surface area contributed by atoms with Gasteiger partial charge in [0.2, 0.25) is 0 Å². The molecule has 0 N–H and O–H groups in total. The second-order valence-electron chi connectivity index (χ2n) is 6.63. The zero-order valence-electron chi connectivity index (χ0n) is 13.1. The molecular formula is C18H34O. The van der Waals surface area contributed by atoms with E-state index in [4.69, 9.17) is 0 Å². The highest BCUT2D eigenvalue weighted by Gasteiger charge is 2.09. The van der Waals surface area contributed by atoms with E-state index in [9.17, 15) is 4.79 Å². The fraction of sp³-hybridized carbons (Fsp3) is 0.944. The number of hydrogen-bond acceptors (Lipinski definition) is 1. The average molecular weight is 266 g/mol. The average Bonchev–Trinajstić information content (AvgIpc) is 2.38. The molecule has 1 saturated carbocycles. The first-order valence-corrected chi connectivity index (χ1v) is 8.81. The number of ketones is 1. The molecular weight excluding hydrogens is 232 g/mol. The van der Waals surface area contributed by atoms with Gasteiger partial charge in [-0.25, -0.2) is 0 Å². The van der Waals surface area contributed by atoms with E-state index in [1.54, 1.807) is 0 Å². The summed E-state index contributed by atoms with van der Waals surface area (Å²) in [5.74, 6) is 1.12. The molecule has 112 valence electrons. The summed E-state index contributed by atoms with van der Waals surface area (Å²) in [6, 6.07) is 0. The third-order valence-electron chi connectivity index (χ3n) is 4.48. The Labute approximate surface area is 120 Å². The van der Waals surface area contributed by atoms with Crippen molar-refractivity contribution in [2.24, 2.45) is 5.92 Å². The highest BCUT2D eigenvalue weighted by Crippen LogP contribution is 2.18. The van der Waals surface area contributed by atoms with Gasteiger partial charge in [-0.2, -0.15) is 0 Å². The predicted octanol–water partition coefficient (Wildman–Crippen LogP) is 6.06. The highest BCUT2D eigenvalue weighted by molar-refractivity contribution is 5.78. The van der Waals surface area contributed by atoms with Crippen molar-refractivity contribution < 1.29 is 4.79 Å². The van der Waals surface area contributed by atoms with Crippen LogP contribution in [0.3, 0.4) is 0 Å². The first-order valence-electron chi connectivity index (χ1n) is 8.81. The van der Waals surface area contributed by atoms with Gasteiger partial charge < -0.3 is 0 Å². The molecule has 1 nitrogen and oxygen atoms in total. The van der Waals surface area contributed by atoms with Gasteiger partial charge >= 0.3 is 0 Å². The van der Waals surface area contributed by atoms with Gasteiger partial charge in [0.05, 0.1) is 0 Å². The molecule has 0 heterocycles. The third kappa shape index (κ3) is 10.2. The van der Waals surface area contributed by atoms with E-state index in [0.717, 1.165) is 19.3 Å². The molecule has 0 aromatic heterocycles. The molecule has 1 unspecified atom stereocenters. The Balaban J connectivity index is 2.21. The fourth-order valence-electron chi connectivity index (χ4n) is 3.18. The zero-order chi connectivity index (χ0) is 13.8. The quantitative estimate of drug-likeness (QED) is 0.521. The van der Waals surface area contributed by atoms with Crippen LogP contribution in [-0.4, -0.2) is 5.78 Å². The topological polar surface area (TPSA) is 17.1 Å². The summed E-state index contributed by atoms with van der Waals surface area (Å²) in [7, 11) is 0. The van der Waals surface area contributed by atoms with Crippen molar-refractivity contribution in [2.45, 2.75) is 103 Å². The van der Waals surface area contributed by atoms with Crippen LogP contribution >= 0.6 is 0 Å². The van der Waals surface area contributed by atoms with Gasteiger partial charge in [-0.15, -0.1) is 0 Å². The number of rotatable bonds is 0. The van der Waals surface area contributed by atoms with Crippen LogP contribution in [0.25, 0.3) is 0 Å². The summed E-state index contributed by atoms with van der Waals surface area (Å²) in [5.41, 5.74) is 0. The summed E-state index contributed by atoms with van der Waals surface area (Å²) in [6.45, 7) is 2.26. The van der Waals surface area contributed by atoms with Crippen molar-refractivity contribution in [1.29, 1.82) is 0 Å². The number of Topliss-reactive ketones (excluding diaryl/α,β-unsaturated/α-hetero) is 1. The molecule has 1 rings (SSSR count). The van der Waals surface area contributed by atoms with Gasteiger partial charge in [-0.1, -0.05) is 84.0 Å². The van der Waals surface area contributed by atoms with E-state index < -0.39 is 0 Å². The van der Waals surface area contributed by atoms with Gasteiger partial charge in [0.1, 0.15) is 5.78 Å². The molecule has 19 heavy (non-hydrogen) atoms. The Bertz CT molecular complexity index is 222. The van der Waals surface area contributed by atoms with Crippen molar-refractivity contribution in [2.75, 3.05) is 0 Å². The summed E-state index contributed by atoms with van der Waals surface area (Å²) in [4.78, 5) is 11.8. The number of carbonyl (C=O) groups is 1. The number of hydrogen-bond donors (Lipinski definition) is 0. The molecule has 1 atom stereocenters. The molecule has 1 aliphatic carbocycles. The molecule has 0 bridgehead atoms. The van der Waals surface area contributed by atoms with Crippen LogP contribution < -0.4 is 0 Å². The minimum Gasteiger partial charge on any atom is -0.300 e. The van der Waals surface area contributed by atoms with Gasteiger partial charge in [-0.05, 0) is 12.3 Å². The molecule has 0 radical (unpaired) electrons. The fourth-order valence-corrected chi connectivity index (χ4v) is 3.18. The van der Waals surface area contributed by atoms with Crippen LogP contribution in [0.1, 0.15) is 103 Å². The summed E-state index contributed by atoms with van der Waals surface area (Å²) in [6.07, 6.45) is 19.3. The van der Waals surface area contributed by atoms with Crippen LogP contribution in [-0.2, 0) is 4.79 Å². The maximum atomic E-state index is 11.8. The molecule has 0 saturated heterocycles. The lowest BCUT2D eigenvalue weighted by atomic mass is 9.95. The number of carbonyl (C=O) groups excluding carboxylic acids is 1. The van der Waals surface area contributed by atoms with Crippen molar-refractivity contribution in [3.05, 3.63) is 0 Å². The van der Waals surface area contributed by atoms with E-state index in [2.05, 4.69) is 6.92 Å². The Morgan fingerprint density at radius 3 is 1.63 bits per heavy atom. The van der Waals surface area contributed by atoms with Crippen molar-refractivity contribution in [1.82, 2.24) is 0 Å². The minimum atomic E-state index is 0.511. The Hall–Kier alpha value is -0.330. The van der Waals surface area contributed by atoms with E-state index >= 15 is 0 Å². The highest BCUT2D eigenvalue weighted by atomic mass is 16.1. The molecule has 0 aromatic carbocycles. The lowest BCUT2D eigenvalue weighted by Gasteiger charge is -2.10. The van der Waals surface area contributed by atoms with Crippen LogP contribution in [0.15, 0.2) is 0 Å². The molecule has 1 aliphatic rings. The smallest absolute Gasteiger partial charge is 0.133 e. The third-order valence-corrected chi connectivity index (χ3v) is 4.48. The lowest BCUT2D eigenvalue weighted by molar-refractivity contribution is -0.120. The van der Waals surface area contributed by atoms with E-state index in [1.165, 1.54) is 77.0 Å². The molecule has 0 aliphatic heterocycles. The Morgan fingerprint density at radius 1 is 0.684 bits per heavy atom. The summed E-state index contributed by atoms with van der Waals surface area (Å²) >= 11 is 0. The second kappa shape index (κ2) is 11.5. The molecule has 0 spiro atoms. The van der Waals surface area contributed by atoms with Gasteiger partial charge in [0.15, 0.2) is 0 Å². The van der Waals surface area contributed by atoms with Crippen LogP contribution in [0.4, 0.5) is 0 Å². The van der Waals surface area contributed by atoms with E-state index in [0.29, 0.717) is 11.7 Å². The standard InChI is InChI=1S/C18H34O/c1-17-14-12-10-8-6-4-2-3-5-7-9-11-13-15-18(19)16-17/h17H,2-16H2,1H3. The minimum absolute atomic E-state index is 0.511. The van der Waals surface area contributed by atoms with Crippen molar-refractivity contribution >= 4 is 5.78 Å². The SMILES string of the molecule is CC1CCCCCCCCCCCCCCC(=O)C1. The first-order chi connectivity index (χ1) is 9.29. The Kier molecular flexibility index (Phi) is 10.1. The monoisotopic (exact) mass is 266 g/mol. The molecule has 0 aromatic rings. The van der Waals surface area contributed by atoms with E-state index in [1.807, 2.05) is 0 Å². The molecule has 1 fully saturated rings. The molecule has 0 amide bonds. The Morgan fingerprint density at radius 2 is 1.11 bits per heavy atom. The summed E-state index contributed by atoms with van der Waals surface area (Å²) < 4.78 is 0. The first kappa shape index (κ1) is 16.7. The van der Waals surface area contributed by atoms with Gasteiger partial charge in [0.25, 0.3) is 0 Å². The van der Waals surface area contributed by atoms with Gasteiger partial charge in [0, 0.05) is 12.8 Å². The van der Waals surface area contributed by atoms with Crippen LogP contribution in [0, 0.1) is 5.92 Å². The second-order valence-corrected chi connectivity index (χ2v) is 6.63. The van der Waals surface area contributed by atoms with Crippen molar-refractivity contribution in [3.63, 3.8) is 0 Å². The maximum Gasteiger partial charge on any atom is 0.133 e. The van der Waals surface area contributed by atoms with E-state index in [-0.39, 0.29) is 0 Å². The summed E-state index contributed by atoms with van der Waals surface area (Å²) in [5, 5.41) is 0. The normalized spacial score (nSPS) is 26.8. The maximum absolute atomic E-state index is 11.8. The van der Waals surface area contributed by atoms with Crippen LogP contribution in [0.5, 0.6) is 0 Å². The van der Waals surface area contributed by atoms with Gasteiger partial charge in [-0.3, -0.25) is 4.79 Å².